The predicted octanol–water partition coefficient (Wildman–Crippen LogP) is 10.1. The molecule has 2 aliphatic rings. The van der Waals surface area contributed by atoms with Gasteiger partial charge in [0.25, 0.3) is 0 Å². The fourth-order valence-electron chi connectivity index (χ4n) is 3.45. The van der Waals surface area contributed by atoms with Gasteiger partial charge in [-0.3, -0.25) is 12.2 Å². The minimum atomic E-state index is -0.265. The van der Waals surface area contributed by atoms with Gasteiger partial charge in [-0.25, -0.2) is 11.1 Å². The predicted molar refractivity (Wildman–Crippen MR) is 168 cm³/mol. The van der Waals surface area contributed by atoms with Crippen LogP contribution in [0.1, 0.15) is 95.9 Å². The maximum Gasteiger partial charge on any atom is 2.00 e. The smallest absolute Gasteiger partial charge is 0.504 e. The van der Waals surface area contributed by atoms with Gasteiger partial charge in [-0.05, 0) is 65.8 Å². The van der Waals surface area contributed by atoms with Crippen LogP contribution in [0.3, 0.4) is 0 Å². The van der Waals surface area contributed by atoms with E-state index in [-0.39, 0.29) is 48.9 Å². The van der Waals surface area contributed by atoms with Gasteiger partial charge in [-0.15, -0.1) is 26.7 Å². The molecule has 0 heterocycles. The van der Waals surface area contributed by atoms with Crippen LogP contribution in [-0.2, 0) is 26.2 Å². The summed E-state index contributed by atoms with van der Waals surface area (Å²) < 4.78 is 11.0. The molecule has 2 aromatic rings. The third-order valence-corrected chi connectivity index (χ3v) is 6.21. The van der Waals surface area contributed by atoms with Crippen molar-refractivity contribution in [2.24, 2.45) is 0 Å². The minimum absolute atomic E-state index is 0. The van der Waals surface area contributed by atoms with Crippen LogP contribution in [0.2, 0.25) is 0 Å². The summed E-state index contributed by atoms with van der Waals surface area (Å²) in [7, 11) is 0. The summed E-state index contributed by atoms with van der Waals surface area (Å²) in [6.45, 7) is 24.5. The number of hydrogen-bond acceptors (Lipinski definition) is 4. The third-order valence-electron chi connectivity index (χ3n) is 6.21. The van der Waals surface area contributed by atoms with Crippen LogP contribution in [0.4, 0.5) is 0 Å². The van der Waals surface area contributed by atoms with Crippen LogP contribution in [-0.4, -0.2) is 21.4 Å². The molecule has 0 aliphatic heterocycles. The van der Waals surface area contributed by atoms with Gasteiger partial charge in [-0.2, -0.15) is 22.3 Å². The molecular formula is C36H50O4Zr. The molecule has 222 valence electrons. The molecule has 0 spiro atoms. The third kappa shape index (κ3) is 15.3. The number of hydrogen-bond donors (Lipinski definition) is 2. The van der Waals surface area contributed by atoms with Crippen molar-refractivity contribution in [3.05, 3.63) is 94.1 Å². The van der Waals surface area contributed by atoms with E-state index in [1.54, 1.807) is 36.4 Å². The Morgan fingerprint density at radius 1 is 0.561 bits per heavy atom. The number of phenolic OH excluding ortho intramolecular Hbond substituents is 2. The number of para-hydroxylation sites is 4. The molecule has 2 N–H and O–H groups in total. The molecule has 0 bridgehead atoms. The van der Waals surface area contributed by atoms with Crippen molar-refractivity contribution in [3.63, 3.8) is 0 Å². The Kier molecular flexibility index (Phi) is 16.4. The molecule has 2 aliphatic carbocycles. The molecule has 5 heteroatoms. The van der Waals surface area contributed by atoms with Crippen molar-refractivity contribution in [1.82, 2.24) is 0 Å². The molecule has 0 atom stereocenters. The molecule has 0 radical (unpaired) electrons. The first kappa shape index (κ1) is 38.5. The normalized spacial score (nSPS) is 14.2. The van der Waals surface area contributed by atoms with Gasteiger partial charge in [0.05, 0.1) is 0 Å². The Bertz CT molecular complexity index is 1130. The van der Waals surface area contributed by atoms with Gasteiger partial charge < -0.3 is 19.7 Å². The van der Waals surface area contributed by atoms with E-state index >= 15 is 0 Å². The van der Waals surface area contributed by atoms with Crippen LogP contribution >= 0.6 is 0 Å². The second-order valence-corrected chi connectivity index (χ2v) is 12.1. The Morgan fingerprint density at radius 3 is 1.02 bits per heavy atom. The van der Waals surface area contributed by atoms with Crippen molar-refractivity contribution in [2.45, 2.75) is 107 Å². The van der Waals surface area contributed by atoms with Gasteiger partial charge in [0.2, 0.25) is 0 Å². The van der Waals surface area contributed by atoms with Crippen molar-refractivity contribution >= 4 is 0 Å². The van der Waals surface area contributed by atoms with Crippen LogP contribution in [0.5, 0.6) is 23.0 Å². The fraction of sp³-hybridized carbons (Fsp3) is 0.444. The molecule has 0 saturated carbocycles. The van der Waals surface area contributed by atoms with Gasteiger partial charge in [0, 0.05) is 0 Å². The number of phenols is 2. The monoisotopic (exact) mass is 636 g/mol. The zero-order chi connectivity index (χ0) is 30.7. The number of allylic oxidation sites excluding steroid dienone is 8. The number of rotatable bonds is 2. The van der Waals surface area contributed by atoms with E-state index in [1.165, 1.54) is 33.4 Å². The van der Waals surface area contributed by atoms with Crippen LogP contribution in [0.15, 0.2) is 82.0 Å². The first-order chi connectivity index (χ1) is 18.4. The second-order valence-electron chi connectivity index (χ2n) is 12.1. The van der Waals surface area contributed by atoms with Gasteiger partial charge in [-0.1, -0.05) is 52.0 Å². The molecule has 0 unspecified atom stereocenters. The summed E-state index contributed by atoms with van der Waals surface area (Å²) in [4.78, 5) is 0. The first-order valence-electron chi connectivity index (χ1n) is 13.8. The summed E-state index contributed by atoms with van der Waals surface area (Å²) in [6.07, 6.45) is 8.63. The quantitative estimate of drug-likeness (QED) is 0.322. The second kappa shape index (κ2) is 17.4. The average Bonchev–Trinajstić information content (AvgIpc) is 3.31. The standard InChI is InChI=1S/2C10H14O2.2C8H11.Zr/c2*1-10(2,3)12-9-7-5-4-6-8(9)11;2*1-6-4-5-7(2)8(6)3;/h2*4-7,11H,1-3H3;2*4H2,1-3H3;/q;;2*-1;+2. The summed E-state index contributed by atoms with van der Waals surface area (Å²) in [5.41, 5.74) is 7.96. The van der Waals surface area contributed by atoms with E-state index < -0.39 is 0 Å². The minimum Gasteiger partial charge on any atom is -0.504 e. The molecule has 0 fully saturated rings. The number of ether oxygens (including phenoxy) is 2. The molecular weight excluding hydrogens is 588 g/mol. The van der Waals surface area contributed by atoms with Crippen molar-refractivity contribution in [3.8, 4) is 23.0 Å². The van der Waals surface area contributed by atoms with E-state index in [2.05, 4.69) is 53.7 Å². The molecule has 2 aromatic carbocycles. The van der Waals surface area contributed by atoms with Crippen LogP contribution in [0.25, 0.3) is 0 Å². The largest absolute Gasteiger partial charge is 2.00 e. The average molecular weight is 638 g/mol. The van der Waals surface area contributed by atoms with Crippen molar-refractivity contribution in [2.75, 3.05) is 0 Å². The number of aromatic hydroxyl groups is 2. The summed E-state index contributed by atoms with van der Waals surface area (Å²) in [6, 6.07) is 13.9. The van der Waals surface area contributed by atoms with Gasteiger partial charge in [0.15, 0.2) is 23.0 Å². The van der Waals surface area contributed by atoms with E-state index in [4.69, 9.17) is 9.47 Å². The Labute approximate surface area is 269 Å². The Morgan fingerprint density at radius 2 is 0.854 bits per heavy atom. The van der Waals surface area contributed by atoms with E-state index in [9.17, 15) is 10.2 Å². The maximum absolute atomic E-state index is 9.35. The molecule has 41 heavy (non-hydrogen) atoms. The summed E-state index contributed by atoms with van der Waals surface area (Å²) in [5, 5.41) is 18.7. The number of benzene rings is 2. The van der Waals surface area contributed by atoms with E-state index in [0.717, 1.165) is 12.8 Å². The fourth-order valence-corrected chi connectivity index (χ4v) is 3.45. The van der Waals surface area contributed by atoms with Gasteiger partial charge >= 0.3 is 26.2 Å². The Balaban J connectivity index is 0.000000525. The molecule has 4 nitrogen and oxygen atoms in total. The van der Waals surface area contributed by atoms with Crippen LogP contribution < -0.4 is 9.47 Å². The topological polar surface area (TPSA) is 58.9 Å². The van der Waals surface area contributed by atoms with Gasteiger partial charge in [0.1, 0.15) is 11.2 Å². The first-order valence-corrected chi connectivity index (χ1v) is 13.8. The molecule has 4 rings (SSSR count). The summed E-state index contributed by atoms with van der Waals surface area (Å²) in [5.74, 6) is 1.44. The summed E-state index contributed by atoms with van der Waals surface area (Å²) >= 11 is 0. The Hall–Kier alpha value is -2.52. The molecule has 0 aromatic heterocycles. The van der Waals surface area contributed by atoms with Crippen molar-refractivity contribution in [1.29, 1.82) is 0 Å². The molecule has 0 saturated heterocycles. The zero-order valence-electron chi connectivity index (χ0n) is 27.2. The van der Waals surface area contributed by atoms with E-state index in [1.807, 2.05) is 53.7 Å². The van der Waals surface area contributed by atoms with Crippen molar-refractivity contribution < 1.29 is 45.9 Å². The maximum atomic E-state index is 9.35. The van der Waals surface area contributed by atoms with Crippen LogP contribution in [0, 0.1) is 12.2 Å². The van der Waals surface area contributed by atoms with E-state index in [0.29, 0.717) is 11.5 Å². The SMILES string of the molecule is CC(C)(C)Oc1ccccc1O.CC(C)(C)Oc1ccccc1O.CC1=[C-]CC(C)=C1C.CC1=[C-]CC(C)=C1C.[Zr+2]. The zero-order valence-corrected chi connectivity index (χ0v) is 29.7. The molecule has 0 amide bonds.